The number of aromatic nitrogens is 5. The highest BCUT2D eigenvalue weighted by molar-refractivity contribution is 6.32. The molecule has 3 aromatic rings. The SMILES string of the molecule is Cc1nc(C)c(-c2nnc3c(Cl)nc(C)c(C)n23)o1. The smallest absolute Gasteiger partial charge is 0.206 e. The zero-order chi connectivity index (χ0) is 13.7. The summed E-state index contributed by atoms with van der Waals surface area (Å²) in [6.07, 6.45) is 0. The number of nitrogens with zero attached hydrogens (tertiary/aromatic N) is 5. The third-order valence-corrected chi connectivity index (χ3v) is 3.33. The van der Waals surface area contributed by atoms with Gasteiger partial charge in [0, 0.05) is 12.6 Å². The molecular formula is C12H12ClN5O. The topological polar surface area (TPSA) is 69.1 Å². The third-order valence-electron chi connectivity index (χ3n) is 3.08. The van der Waals surface area contributed by atoms with E-state index >= 15 is 0 Å². The molecule has 0 unspecified atom stereocenters. The van der Waals surface area contributed by atoms with Crippen LogP contribution in [-0.4, -0.2) is 24.6 Å². The lowest BCUT2D eigenvalue weighted by molar-refractivity contribution is 0.529. The van der Waals surface area contributed by atoms with Gasteiger partial charge in [-0.05, 0) is 20.8 Å². The van der Waals surface area contributed by atoms with Gasteiger partial charge in [0.25, 0.3) is 0 Å². The third kappa shape index (κ3) is 1.71. The summed E-state index contributed by atoms with van der Waals surface area (Å²) in [5.41, 5.74) is 3.05. The normalized spacial score (nSPS) is 11.4. The van der Waals surface area contributed by atoms with Crippen LogP contribution >= 0.6 is 11.6 Å². The van der Waals surface area contributed by atoms with Crippen molar-refractivity contribution in [2.75, 3.05) is 0 Å². The fraction of sp³-hybridized carbons (Fsp3) is 0.333. The van der Waals surface area contributed by atoms with Crippen molar-refractivity contribution in [1.82, 2.24) is 24.6 Å². The van der Waals surface area contributed by atoms with E-state index in [2.05, 4.69) is 20.2 Å². The number of hydrogen-bond acceptors (Lipinski definition) is 5. The number of aryl methyl sites for hydroxylation is 4. The number of oxazole rings is 1. The Kier molecular flexibility index (Phi) is 2.56. The Morgan fingerprint density at radius 3 is 2.37 bits per heavy atom. The van der Waals surface area contributed by atoms with Gasteiger partial charge in [-0.25, -0.2) is 9.97 Å². The summed E-state index contributed by atoms with van der Waals surface area (Å²) in [5, 5.41) is 8.56. The molecule has 0 saturated carbocycles. The van der Waals surface area contributed by atoms with E-state index in [1.54, 1.807) is 6.92 Å². The van der Waals surface area contributed by atoms with E-state index in [-0.39, 0.29) is 0 Å². The molecule has 98 valence electrons. The lowest BCUT2D eigenvalue weighted by Crippen LogP contribution is -2.01. The van der Waals surface area contributed by atoms with Gasteiger partial charge in [-0.1, -0.05) is 11.6 Å². The maximum Gasteiger partial charge on any atom is 0.206 e. The largest absolute Gasteiger partial charge is 0.437 e. The Morgan fingerprint density at radius 2 is 1.74 bits per heavy atom. The van der Waals surface area contributed by atoms with Crippen LogP contribution in [0.5, 0.6) is 0 Å². The van der Waals surface area contributed by atoms with E-state index in [1.165, 1.54) is 0 Å². The lowest BCUT2D eigenvalue weighted by atomic mass is 10.3. The Balaban J connectivity index is 2.40. The fourth-order valence-electron chi connectivity index (χ4n) is 2.06. The van der Waals surface area contributed by atoms with Gasteiger partial charge in [-0.15, -0.1) is 10.2 Å². The molecule has 0 spiro atoms. The monoisotopic (exact) mass is 277 g/mol. The molecule has 0 aliphatic carbocycles. The number of rotatable bonds is 1. The van der Waals surface area contributed by atoms with Gasteiger partial charge in [-0.3, -0.25) is 4.40 Å². The van der Waals surface area contributed by atoms with Crippen LogP contribution in [0, 0.1) is 27.7 Å². The average Bonchev–Trinajstić information content (AvgIpc) is 2.90. The molecule has 0 aliphatic rings. The predicted molar refractivity (Wildman–Crippen MR) is 70.2 cm³/mol. The summed E-state index contributed by atoms with van der Waals surface area (Å²) >= 11 is 6.10. The summed E-state index contributed by atoms with van der Waals surface area (Å²) in [6, 6.07) is 0. The first-order chi connectivity index (χ1) is 8.99. The molecular weight excluding hydrogens is 266 g/mol. The highest BCUT2D eigenvalue weighted by Gasteiger charge is 2.20. The van der Waals surface area contributed by atoms with Crippen LogP contribution in [0.25, 0.3) is 17.2 Å². The number of fused-ring (bicyclic) bond motifs is 1. The Hall–Kier alpha value is -1.95. The minimum atomic E-state index is 0.329. The Morgan fingerprint density at radius 1 is 1.00 bits per heavy atom. The van der Waals surface area contributed by atoms with Crippen molar-refractivity contribution < 1.29 is 4.42 Å². The molecule has 7 heteroatoms. The van der Waals surface area contributed by atoms with E-state index < -0.39 is 0 Å². The maximum atomic E-state index is 6.10. The van der Waals surface area contributed by atoms with Gasteiger partial charge >= 0.3 is 0 Å². The van der Waals surface area contributed by atoms with Crippen LogP contribution < -0.4 is 0 Å². The average molecular weight is 278 g/mol. The van der Waals surface area contributed by atoms with Crippen molar-refractivity contribution in [3.05, 3.63) is 28.1 Å². The second-order valence-corrected chi connectivity index (χ2v) is 4.76. The van der Waals surface area contributed by atoms with Crippen molar-refractivity contribution >= 4 is 17.2 Å². The Labute approximate surface area is 114 Å². The van der Waals surface area contributed by atoms with Crippen molar-refractivity contribution in [2.24, 2.45) is 0 Å². The molecule has 0 aliphatic heterocycles. The summed E-state index contributed by atoms with van der Waals surface area (Å²) in [4.78, 5) is 8.48. The van der Waals surface area contributed by atoms with Crippen molar-refractivity contribution in [3.63, 3.8) is 0 Å². The van der Waals surface area contributed by atoms with Gasteiger partial charge in [0.05, 0.1) is 11.4 Å². The van der Waals surface area contributed by atoms with E-state index in [0.717, 1.165) is 17.1 Å². The molecule has 3 aromatic heterocycles. The van der Waals surface area contributed by atoms with Crippen molar-refractivity contribution in [3.8, 4) is 11.6 Å². The minimum absolute atomic E-state index is 0.329. The van der Waals surface area contributed by atoms with Gasteiger partial charge in [0.1, 0.15) is 0 Å². The Bertz CT molecular complexity index is 789. The molecule has 3 rings (SSSR count). The van der Waals surface area contributed by atoms with Crippen molar-refractivity contribution in [1.29, 1.82) is 0 Å². The first kappa shape index (κ1) is 12.1. The molecule has 19 heavy (non-hydrogen) atoms. The molecule has 0 aromatic carbocycles. The molecule has 0 saturated heterocycles. The molecule has 0 bridgehead atoms. The van der Waals surface area contributed by atoms with Gasteiger partial charge < -0.3 is 4.42 Å². The highest BCUT2D eigenvalue weighted by atomic mass is 35.5. The van der Waals surface area contributed by atoms with Crippen LogP contribution in [0.4, 0.5) is 0 Å². The van der Waals surface area contributed by atoms with E-state index in [9.17, 15) is 0 Å². The zero-order valence-electron chi connectivity index (χ0n) is 11.0. The first-order valence-corrected chi connectivity index (χ1v) is 6.19. The minimum Gasteiger partial charge on any atom is -0.437 e. The van der Waals surface area contributed by atoms with Crippen LogP contribution in [0.1, 0.15) is 23.0 Å². The molecule has 0 atom stereocenters. The van der Waals surface area contributed by atoms with Gasteiger partial charge in [-0.2, -0.15) is 0 Å². The van der Waals surface area contributed by atoms with E-state index in [1.807, 2.05) is 25.2 Å². The maximum absolute atomic E-state index is 6.10. The molecule has 0 amide bonds. The van der Waals surface area contributed by atoms with Crippen LogP contribution in [0.3, 0.4) is 0 Å². The van der Waals surface area contributed by atoms with Crippen molar-refractivity contribution in [2.45, 2.75) is 27.7 Å². The van der Waals surface area contributed by atoms with Crippen LogP contribution in [-0.2, 0) is 0 Å². The predicted octanol–water partition coefficient (Wildman–Crippen LogP) is 2.67. The quantitative estimate of drug-likeness (QED) is 0.684. The molecule has 3 heterocycles. The summed E-state index contributed by atoms with van der Waals surface area (Å²) < 4.78 is 7.45. The van der Waals surface area contributed by atoms with Crippen LogP contribution in [0.15, 0.2) is 4.42 Å². The number of hydrogen-bond donors (Lipinski definition) is 0. The molecule has 6 nitrogen and oxygen atoms in total. The fourth-order valence-corrected chi connectivity index (χ4v) is 2.31. The number of halogens is 1. The standard InChI is InChI=1S/C12H12ClN5O/c1-5-7(3)18-11(9-6(2)14-8(4)19-9)16-17-12(18)10(13)15-5/h1-4H3. The van der Waals surface area contributed by atoms with Gasteiger partial charge in [0.2, 0.25) is 5.82 Å². The summed E-state index contributed by atoms with van der Waals surface area (Å²) in [5.74, 6) is 1.80. The highest BCUT2D eigenvalue weighted by Crippen LogP contribution is 2.27. The van der Waals surface area contributed by atoms with E-state index in [4.69, 9.17) is 16.0 Å². The first-order valence-electron chi connectivity index (χ1n) is 5.81. The zero-order valence-corrected chi connectivity index (χ0v) is 11.8. The van der Waals surface area contributed by atoms with Gasteiger partial charge in [0.15, 0.2) is 22.5 Å². The molecule has 0 N–H and O–H groups in total. The van der Waals surface area contributed by atoms with Crippen LogP contribution in [0.2, 0.25) is 5.15 Å². The second kappa shape index (κ2) is 4.03. The molecule has 0 radical (unpaired) electrons. The summed E-state index contributed by atoms with van der Waals surface area (Å²) in [6.45, 7) is 7.50. The summed E-state index contributed by atoms with van der Waals surface area (Å²) in [7, 11) is 0. The lowest BCUT2D eigenvalue weighted by Gasteiger charge is -2.06. The molecule has 0 fully saturated rings. The van der Waals surface area contributed by atoms with E-state index in [0.29, 0.717) is 28.3 Å². The second-order valence-electron chi connectivity index (χ2n) is 4.40.